The lowest BCUT2D eigenvalue weighted by molar-refractivity contribution is -0.141. The van der Waals surface area contributed by atoms with Crippen molar-refractivity contribution in [2.75, 3.05) is 0 Å². The molecule has 0 spiro atoms. The van der Waals surface area contributed by atoms with E-state index in [1.165, 1.54) is 6.07 Å². The fraction of sp³-hybridized carbons (Fsp3) is 0.333. The molecule has 0 saturated heterocycles. The van der Waals surface area contributed by atoms with E-state index >= 15 is 0 Å². The molecule has 2 aromatic rings. The molecule has 1 aromatic carbocycles. The van der Waals surface area contributed by atoms with Gasteiger partial charge in [-0.3, -0.25) is 4.79 Å². The van der Waals surface area contributed by atoms with Crippen LogP contribution in [0.3, 0.4) is 0 Å². The molecule has 0 amide bonds. The number of rotatable bonds is 3. The normalized spacial score (nSPS) is 14.7. The summed E-state index contributed by atoms with van der Waals surface area (Å²) in [6.07, 6.45) is 0. The number of benzene rings is 1. The second kappa shape index (κ2) is 4.57. The molecule has 6 heteroatoms. The van der Waals surface area contributed by atoms with Crippen LogP contribution in [0.2, 0.25) is 5.02 Å². The summed E-state index contributed by atoms with van der Waals surface area (Å²) in [6, 6.07) is 2.33. The zero-order valence-corrected chi connectivity index (χ0v) is 10.5. The van der Waals surface area contributed by atoms with E-state index in [0.29, 0.717) is 5.52 Å². The number of carboxylic acids is 1. The smallest absolute Gasteiger partial charge is 0.307 e. The molecular formula is C12H11ClFNO3. The van der Waals surface area contributed by atoms with Gasteiger partial charge in [0, 0.05) is 12.0 Å². The Morgan fingerprint density at radius 1 is 1.50 bits per heavy atom. The van der Waals surface area contributed by atoms with Gasteiger partial charge in [0.05, 0.1) is 10.9 Å². The molecule has 2 rings (SSSR count). The Bertz CT molecular complexity index is 611. The average molecular weight is 272 g/mol. The van der Waals surface area contributed by atoms with E-state index in [1.807, 2.05) is 0 Å². The summed E-state index contributed by atoms with van der Waals surface area (Å²) in [5.74, 6) is -2.28. The van der Waals surface area contributed by atoms with Crippen molar-refractivity contribution in [1.82, 2.24) is 4.98 Å². The van der Waals surface area contributed by atoms with E-state index in [1.54, 1.807) is 13.8 Å². The summed E-state index contributed by atoms with van der Waals surface area (Å²) in [7, 11) is 0. The second-order valence-electron chi connectivity index (χ2n) is 4.20. The molecule has 0 aliphatic rings. The Labute approximate surface area is 107 Å². The fourth-order valence-corrected chi connectivity index (χ4v) is 1.84. The third-order valence-electron chi connectivity index (χ3n) is 2.96. The molecule has 18 heavy (non-hydrogen) atoms. The third-order valence-corrected chi connectivity index (χ3v) is 3.24. The molecule has 0 fully saturated rings. The number of halogens is 2. The largest absolute Gasteiger partial charge is 0.481 e. The number of nitrogens with zero attached hydrogens (tertiary/aromatic N) is 1. The van der Waals surface area contributed by atoms with Crippen LogP contribution in [0.1, 0.15) is 25.7 Å². The SMILES string of the molecule is CC(C(=O)O)C(C)c1nc2cc(F)cc(Cl)c2o1. The molecule has 4 nitrogen and oxygen atoms in total. The van der Waals surface area contributed by atoms with Gasteiger partial charge in [-0.25, -0.2) is 9.37 Å². The van der Waals surface area contributed by atoms with Crippen molar-refractivity contribution in [1.29, 1.82) is 0 Å². The van der Waals surface area contributed by atoms with Gasteiger partial charge < -0.3 is 9.52 Å². The molecule has 0 aliphatic carbocycles. The maximum absolute atomic E-state index is 13.1. The second-order valence-corrected chi connectivity index (χ2v) is 4.61. The van der Waals surface area contributed by atoms with Gasteiger partial charge in [-0.15, -0.1) is 0 Å². The minimum Gasteiger partial charge on any atom is -0.481 e. The Balaban J connectivity index is 2.47. The molecule has 0 aliphatic heterocycles. The van der Waals surface area contributed by atoms with Gasteiger partial charge in [0.2, 0.25) is 0 Å². The van der Waals surface area contributed by atoms with Crippen LogP contribution < -0.4 is 0 Å². The number of hydrogen-bond donors (Lipinski definition) is 1. The number of hydrogen-bond acceptors (Lipinski definition) is 3. The first-order valence-electron chi connectivity index (χ1n) is 5.38. The predicted octanol–water partition coefficient (Wildman–Crippen LogP) is 3.44. The van der Waals surface area contributed by atoms with Crippen molar-refractivity contribution in [3.05, 3.63) is 28.9 Å². The van der Waals surface area contributed by atoms with Crippen LogP contribution in [-0.2, 0) is 4.79 Å². The van der Waals surface area contributed by atoms with Crippen molar-refractivity contribution >= 4 is 28.7 Å². The number of carboxylic acid groups (broad SMARTS) is 1. The fourth-order valence-electron chi connectivity index (χ4n) is 1.60. The number of oxazole rings is 1. The summed E-state index contributed by atoms with van der Waals surface area (Å²) in [5.41, 5.74) is 0.567. The molecule has 2 atom stereocenters. The molecular weight excluding hydrogens is 261 g/mol. The van der Waals surface area contributed by atoms with Gasteiger partial charge in [-0.2, -0.15) is 0 Å². The maximum Gasteiger partial charge on any atom is 0.307 e. The predicted molar refractivity (Wildman–Crippen MR) is 64.2 cm³/mol. The summed E-state index contributed by atoms with van der Waals surface area (Å²) in [4.78, 5) is 15.0. The van der Waals surface area contributed by atoms with Crippen LogP contribution in [0.4, 0.5) is 4.39 Å². The quantitative estimate of drug-likeness (QED) is 0.929. The number of fused-ring (bicyclic) bond motifs is 1. The van der Waals surface area contributed by atoms with E-state index in [9.17, 15) is 9.18 Å². The van der Waals surface area contributed by atoms with Gasteiger partial charge in [0.1, 0.15) is 11.3 Å². The standard InChI is InChI=1S/C12H11ClFNO3/c1-5(6(2)12(16)17)11-15-9-4-7(14)3-8(13)10(9)18-11/h3-6H,1-2H3,(H,16,17). The summed E-state index contributed by atoms with van der Waals surface area (Å²) in [5, 5.41) is 9.06. The van der Waals surface area contributed by atoms with Crippen molar-refractivity contribution in [3.63, 3.8) is 0 Å². The average Bonchev–Trinajstić information content (AvgIpc) is 2.70. The van der Waals surface area contributed by atoms with E-state index in [-0.39, 0.29) is 16.5 Å². The van der Waals surface area contributed by atoms with Gasteiger partial charge in [0.15, 0.2) is 11.5 Å². The lowest BCUT2D eigenvalue weighted by Crippen LogP contribution is -2.16. The Morgan fingerprint density at radius 3 is 2.78 bits per heavy atom. The van der Waals surface area contributed by atoms with Crippen LogP contribution >= 0.6 is 11.6 Å². The van der Waals surface area contributed by atoms with E-state index < -0.39 is 23.6 Å². The topological polar surface area (TPSA) is 63.3 Å². The Hall–Kier alpha value is -1.62. The highest BCUT2D eigenvalue weighted by atomic mass is 35.5. The molecule has 1 aromatic heterocycles. The van der Waals surface area contributed by atoms with Gasteiger partial charge in [0.25, 0.3) is 0 Å². The first kappa shape index (κ1) is 12.8. The van der Waals surface area contributed by atoms with Crippen LogP contribution in [0, 0.1) is 11.7 Å². The minimum absolute atomic E-state index is 0.124. The Morgan fingerprint density at radius 2 is 2.17 bits per heavy atom. The first-order valence-corrected chi connectivity index (χ1v) is 5.76. The van der Waals surface area contributed by atoms with E-state index in [4.69, 9.17) is 21.1 Å². The van der Waals surface area contributed by atoms with Crippen LogP contribution in [0.5, 0.6) is 0 Å². The van der Waals surface area contributed by atoms with E-state index in [2.05, 4.69) is 4.98 Å². The molecule has 96 valence electrons. The minimum atomic E-state index is -0.943. The van der Waals surface area contributed by atoms with Gasteiger partial charge >= 0.3 is 5.97 Å². The lowest BCUT2D eigenvalue weighted by atomic mass is 9.96. The zero-order chi connectivity index (χ0) is 13.4. The zero-order valence-electron chi connectivity index (χ0n) is 9.78. The molecule has 2 unspecified atom stereocenters. The Kier molecular flexibility index (Phi) is 3.26. The van der Waals surface area contributed by atoms with E-state index in [0.717, 1.165) is 6.07 Å². The summed E-state index contributed by atoms with van der Waals surface area (Å²) >= 11 is 5.83. The molecule has 0 bridgehead atoms. The highest BCUT2D eigenvalue weighted by Gasteiger charge is 2.26. The van der Waals surface area contributed by atoms with Crippen molar-refractivity contribution in [2.24, 2.45) is 5.92 Å². The summed E-state index contributed by atoms with van der Waals surface area (Å²) in [6.45, 7) is 3.25. The first-order chi connectivity index (χ1) is 8.40. The maximum atomic E-state index is 13.1. The van der Waals surface area contributed by atoms with Gasteiger partial charge in [-0.1, -0.05) is 25.4 Å². The monoisotopic (exact) mass is 271 g/mol. The molecule has 1 heterocycles. The molecule has 1 N–H and O–H groups in total. The van der Waals surface area contributed by atoms with Crippen molar-refractivity contribution in [2.45, 2.75) is 19.8 Å². The summed E-state index contributed by atoms with van der Waals surface area (Å²) < 4.78 is 18.5. The number of aliphatic carboxylic acids is 1. The van der Waals surface area contributed by atoms with Crippen LogP contribution in [0.15, 0.2) is 16.5 Å². The van der Waals surface area contributed by atoms with Crippen LogP contribution in [0.25, 0.3) is 11.1 Å². The van der Waals surface area contributed by atoms with Crippen molar-refractivity contribution < 1.29 is 18.7 Å². The third kappa shape index (κ3) is 2.18. The number of carbonyl (C=O) groups is 1. The lowest BCUT2D eigenvalue weighted by Gasteiger charge is -2.11. The highest BCUT2D eigenvalue weighted by molar-refractivity contribution is 6.34. The van der Waals surface area contributed by atoms with Crippen molar-refractivity contribution in [3.8, 4) is 0 Å². The highest BCUT2D eigenvalue weighted by Crippen LogP contribution is 2.31. The van der Waals surface area contributed by atoms with Gasteiger partial charge in [-0.05, 0) is 6.07 Å². The molecule has 0 radical (unpaired) electrons. The van der Waals surface area contributed by atoms with Crippen LogP contribution in [-0.4, -0.2) is 16.1 Å². The number of aromatic nitrogens is 1. The molecule has 0 saturated carbocycles.